The standard InChI is InChI=1S/C14H22N2/c1-13-5-7-14(8-6-13)15-9-4-12-16-10-2-3-11-16/h5-8,15H,2-4,9-12H2,1H3. The molecule has 88 valence electrons. The minimum atomic E-state index is 1.08. The number of hydrogen-bond donors (Lipinski definition) is 1. The number of anilines is 1. The van der Waals surface area contributed by atoms with Gasteiger partial charge in [0, 0.05) is 12.2 Å². The van der Waals surface area contributed by atoms with Gasteiger partial charge < -0.3 is 10.2 Å². The monoisotopic (exact) mass is 218 g/mol. The van der Waals surface area contributed by atoms with Crippen molar-refractivity contribution >= 4 is 5.69 Å². The predicted molar refractivity (Wildman–Crippen MR) is 70.0 cm³/mol. The largest absolute Gasteiger partial charge is 0.385 e. The zero-order valence-corrected chi connectivity index (χ0v) is 10.2. The van der Waals surface area contributed by atoms with E-state index in [1.54, 1.807) is 0 Å². The average Bonchev–Trinajstić information content (AvgIpc) is 2.80. The molecule has 1 aromatic rings. The number of aryl methyl sites for hydroxylation is 1. The lowest BCUT2D eigenvalue weighted by Gasteiger charge is -2.14. The first-order valence-electron chi connectivity index (χ1n) is 6.37. The number of likely N-dealkylation sites (tertiary alicyclic amines) is 1. The number of nitrogens with one attached hydrogen (secondary N) is 1. The molecule has 0 aliphatic carbocycles. The Morgan fingerprint density at radius 2 is 1.81 bits per heavy atom. The highest BCUT2D eigenvalue weighted by atomic mass is 15.1. The quantitative estimate of drug-likeness (QED) is 0.764. The fourth-order valence-corrected chi connectivity index (χ4v) is 2.21. The van der Waals surface area contributed by atoms with Crippen molar-refractivity contribution in [1.82, 2.24) is 4.90 Å². The molecule has 0 radical (unpaired) electrons. The Balaban J connectivity index is 1.62. The second-order valence-corrected chi connectivity index (χ2v) is 4.70. The second kappa shape index (κ2) is 5.90. The molecule has 0 saturated carbocycles. The van der Waals surface area contributed by atoms with E-state index in [1.807, 2.05) is 0 Å². The molecule has 16 heavy (non-hydrogen) atoms. The van der Waals surface area contributed by atoms with Crippen LogP contribution in [0.1, 0.15) is 24.8 Å². The molecule has 1 saturated heterocycles. The smallest absolute Gasteiger partial charge is 0.0340 e. The Hall–Kier alpha value is -1.02. The van der Waals surface area contributed by atoms with Crippen molar-refractivity contribution in [2.75, 3.05) is 31.5 Å². The summed E-state index contributed by atoms with van der Waals surface area (Å²) >= 11 is 0. The molecule has 2 nitrogen and oxygen atoms in total. The number of rotatable bonds is 5. The maximum atomic E-state index is 3.47. The number of nitrogens with zero attached hydrogens (tertiary/aromatic N) is 1. The van der Waals surface area contributed by atoms with Crippen molar-refractivity contribution in [3.05, 3.63) is 29.8 Å². The maximum Gasteiger partial charge on any atom is 0.0340 e. The Morgan fingerprint density at radius 1 is 1.12 bits per heavy atom. The van der Waals surface area contributed by atoms with Gasteiger partial charge in [-0.3, -0.25) is 0 Å². The summed E-state index contributed by atoms with van der Waals surface area (Å²) in [5, 5.41) is 3.47. The molecular formula is C14H22N2. The van der Waals surface area contributed by atoms with Gasteiger partial charge in [0.25, 0.3) is 0 Å². The van der Waals surface area contributed by atoms with Gasteiger partial charge in [0.2, 0.25) is 0 Å². The van der Waals surface area contributed by atoms with Crippen LogP contribution in [0.5, 0.6) is 0 Å². The fraction of sp³-hybridized carbons (Fsp3) is 0.571. The third-order valence-electron chi connectivity index (χ3n) is 3.23. The highest BCUT2D eigenvalue weighted by molar-refractivity contribution is 5.44. The topological polar surface area (TPSA) is 15.3 Å². The lowest BCUT2D eigenvalue weighted by atomic mass is 10.2. The molecule has 1 fully saturated rings. The molecule has 1 aliphatic heterocycles. The van der Waals surface area contributed by atoms with Crippen LogP contribution in [0, 0.1) is 6.92 Å². The molecule has 0 aromatic heterocycles. The first kappa shape index (κ1) is 11.5. The van der Waals surface area contributed by atoms with Crippen LogP contribution in [0.15, 0.2) is 24.3 Å². The fourth-order valence-electron chi connectivity index (χ4n) is 2.21. The molecule has 1 heterocycles. The zero-order chi connectivity index (χ0) is 11.2. The zero-order valence-electron chi connectivity index (χ0n) is 10.2. The van der Waals surface area contributed by atoms with Crippen molar-refractivity contribution in [3.8, 4) is 0 Å². The average molecular weight is 218 g/mol. The van der Waals surface area contributed by atoms with E-state index in [1.165, 1.54) is 50.1 Å². The summed E-state index contributed by atoms with van der Waals surface area (Å²) in [5.74, 6) is 0. The summed E-state index contributed by atoms with van der Waals surface area (Å²) in [6.07, 6.45) is 4.03. The summed E-state index contributed by atoms with van der Waals surface area (Å²) in [4.78, 5) is 2.57. The van der Waals surface area contributed by atoms with Crippen molar-refractivity contribution in [2.24, 2.45) is 0 Å². The molecule has 1 aromatic carbocycles. The van der Waals surface area contributed by atoms with Crippen LogP contribution in [-0.4, -0.2) is 31.1 Å². The third kappa shape index (κ3) is 3.53. The van der Waals surface area contributed by atoms with Crippen molar-refractivity contribution in [2.45, 2.75) is 26.2 Å². The van der Waals surface area contributed by atoms with Gasteiger partial charge in [-0.05, 0) is 58.0 Å². The summed E-state index contributed by atoms with van der Waals surface area (Å²) in [6.45, 7) is 7.07. The summed E-state index contributed by atoms with van der Waals surface area (Å²) in [6, 6.07) is 8.63. The maximum absolute atomic E-state index is 3.47. The molecule has 1 aliphatic rings. The third-order valence-corrected chi connectivity index (χ3v) is 3.23. The molecule has 1 N–H and O–H groups in total. The van der Waals surface area contributed by atoms with Gasteiger partial charge in [-0.2, -0.15) is 0 Å². The first-order valence-corrected chi connectivity index (χ1v) is 6.37. The highest BCUT2D eigenvalue weighted by Gasteiger charge is 2.09. The highest BCUT2D eigenvalue weighted by Crippen LogP contribution is 2.10. The van der Waals surface area contributed by atoms with Gasteiger partial charge >= 0.3 is 0 Å². The van der Waals surface area contributed by atoms with Crippen LogP contribution < -0.4 is 5.32 Å². The van der Waals surface area contributed by atoms with Crippen molar-refractivity contribution in [3.63, 3.8) is 0 Å². The summed E-state index contributed by atoms with van der Waals surface area (Å²) in [5.41, 5.74) is 2.56. The van der Waals surface area contributed by atoms with Crippen LogP contribution in [0.4, 0.5) is 5.69 Å². The SMILES string of the molecule is Cc1ccc(NCCCN2CCCC2)cc1. The first-order chi connectivity index (χ1) is 7.84. The van der Waals surface area contributed by atoms with E-state index in [2.05, 4.69) is 41.4 Å². The van der Waals surface area contributed by atoms with Gasteiger partial charge in [-0.15, -0.1) is 0 Å². The molecule has 0 bridgehead atoms. The molecule has 0 unspecified atom stereocenters. The van der Waals surface area contributed by atoms with Crippen LogP contribution >= 0.6 is 0 Å². The minimum Gasteiger partial charge on any atom is -0.385 e. The van der Waals surface area contributed by atoms with Gasteiger partial charge in [0.1, 0.15) is 0 Å². The molecule has 2 rings (SSSR count). The molecule has 0 atom stereocenters. The van der Waals surface area contributed by atoms with Crippen LogP contribution in [0.2, 0.25) is 0 Å². The van der Waals surface area contributed by atoms with Gasteiger partial charge in [0.15, 0.2) is 0 Å². The minimum absolute atomic E-state index is 1.08. The summed E-state index contributed by atoms with van der Waals surface area (Å²) < 4.78 is 0. The number of benzene rings is 1. The van der Waals surface area contributed by atoms with Gasteiger partial charge in [0.05, 0.1) is 0 Å². The van der Waals surface area contributed by atoms with E-state index in [4.69, 9.17) is 0 Å². The summed E-state index contributed by atoms with van der Waals surface area (Å²) in [7, 11) is 0. The lowest BCUT2D eigenvalue weighted by molar-refractivity contribution is 0.337. The van der Waals surface area contributed by atoms with Gasteiger partial charge in [-0.1, -0.05) is 17.7 Å². The Bertz CT molecular complexity index is 299. The Labute approximate surface area is 98.7 Å². The predicted octanol–water partition coefficient (Wildman–Crippen LogP) is 2.89. The van der Waals surface area contributed by atoms with Crippen molar-refractivity contribution in [1.29, 1.82) is 0 Å². The molecule has 0 amide bonds. The van der Waals surface area contributed by atoms with E-state index in [0.29, 0.717) is 0 Å². The van der Waals surface area contributed by atoms with Crippen LogP contribution in [-0.2, 0) is 0 Å². The van der Waals surface area contributed by atoms with E-state index in [9.17, 15) is 0 Å². The molecule has 0 spiro atoms. The normalized spacial score (nSPS) is 16.6. The van der Waals surface area contributed by atoms with Gasteiger partial charge in [-0.25, -0.2) is 0 Å². The van der Waals surface area contributed by atoms with E-state index in [-0.39, 0.29) is 0 Å². The van der Waals surface area contributed by atoms with Crippen molar-refractivity contribution < 1.29 is 0 Å². The van der Waals surface area contributed by atoms with Crippen LogP contribution in [0.25, 0.3) is 0 Å². The van der Waals surface area contributed by atoms with E-state index >= 15 is 0 Å². The van der Waals surface area contributed by atoms with Crippen LogP contribution in [0.3, 0.4) is 0 Å². The second-order valence-electron chi connectivity index (χ2n) is 4.70. The van der Waals surface area contributed by atoms with E-state index < -0.39 is 0 Å². The molecule has 2 heteroatoms. The molecular weight excluding hydrogens is 196 g/mol. The Kier molecular flexibility index (Phi) is 4.23. The number of hydrogen-bond acceptors (Lipinski definition) is 2. The van der Waals surface area contributed by atoms with E-state index in [0.717, 1.165) is 6.54 Å². The Morgan fingerprint density at radius 3 is 2.50 bits per heavy atom. The lowest BCUT2D eigenvalue weighted by Crippen LogP contribution is -2.22.